The minimum absolute atomic E-state index is 0.0187. The lowest BCUT2D eigenvalue weighted by atomic mass is 10.1. The Bertz CT molecular complexity index is 967. The molecule has 0 atom stereocenters. The van der Waals surface area contributed by atoms with Crippen molar-refractivity contribution in [3.8, 4) is 17.0 Å². The number of nitrogens with zero attached hydrogens (tertiary/aromatic N) is 3. The second-order valence-electron chi connectivity index (χ2n) is 7.46. The normalized spacial score (nSPS) is 14.9. The predicted molar refractivity (Wildman–Crippen MR) is 115 cm³/mol. The first-order valence-corrected chi connectivity index (χ1v) is 10.3. The number of nitrogens with one attached hydrogen (secondary N) is 1. The van der Waals surface area contributed by atoms with Crippen LogP contribution in [0, 0.1) is 0 Å². The van der Waals surface area contributed by atoms with Gasteiger partial charge in [-0.05, 0) is 36.9 Å². The van der Waals surface area contributed by atoms with Gasteiger partial charge in [-0.1, -0.05) is 35.5 Å². The lowest BCUT2D eigenvalue weighted by Gasteiger charge is -2.31. The van der Waals surface area contributed by atoms with Crippen molar-refractivity contribution < 1.29 is 18.8 Å². The molecule has 1 aliphatic heterocycles. The van der Waals surface area contributed by atoms with E-state index >= 15 is 0 Å². The molecular formula is C23H26N4O4. The molecular weight excluding hydrogens is 396 g/mol. The summed E-state index contributed by atoms with van der Waals surface area (Å²) < 4.78 is 16.3. The van der Waals surface area contributed by atoms with Crippen molar-refractivity contribution in [2.75, 3.05) is 33.2 Å². The Morgan fingerprint density at radius 2 is 1.77 bits per heavy atom. The number of carbonyl (C=O) groups excluding carboxylic acids is 1. The van der Waals surface area contributed by atoms with Gasteiger partial charge in [0.15, 0.2) is 12.4 Å². The summed E-state index contributed by atoms with van der Waals surface area (Å²) in [7, 11) is 2.06. The van der Waals surface area contributed by atoms with Crippen molar-refractivity contribution in [2.24, 2.45) is 0 Å². The van der Waals surface area contributed by atoms with E-state index < -0.39 is 6.09 Å². The van der Waals surface area contributed by atoms with Crippen LogP contribution < -0.4 is 10.2 Å². The summed E-state index contributed by atoms with van der Waals surface area (Å²) in [6.07, 6.45) is -0.498. The minimum Gasteiger partial charge on any atom is -0.489 e. The number of ether oxygens (including phenoxy) is 2. The van der Waals surface area contributed by atoms with E-state index in [1.165, 1.54) is 0 Å². The number of hydrogen-bond donors (Lipinski definition) is 1. The van der Waals surface area contributed by atoms with Crippen molar-refractivity contribution in [3.63, 3.8) is 0 Å². The molecule has 8 heteroatoms. The van der Waals surface area contributed by atoms with Gasteiger partial charge in [0.25, 0.3) is 0 Å². The third-order valence-electron chi connectivity index (χ3n) is 5.06. The fourth-order valence-corrected chi connectivity index (χ4v) is 3.20. The maximum Gasteiger partial charge on any atom is 0.422 e. The van der Waals surface area contributed by atoms with Crippen LogP contribution in [0.15, 0.2) is 65.2 Å². The Labute approximate surface area is 181 Å². The lowest BCUT2D eigenvalue weighted by molar-refractivity contribution is 0.0691. The average Bonchev–Trinajstić information content (AvgIpc) is 3.28. The Morgan fingerprint density at radius 3 is 2.52 bits per heavy atom. The molecule has 0 radical (unpaired) electrons. The average molecular weight is 422 g/mol. The molecule has 1 saturated heterocycles. The molecule has 0 bridgehead atoms. The number of carbonyl (C=O) groups is 1. The molecule has 2 aromatic carbocycles. The summed E-state index contributed by atoms with van der Waals surface area (Å²) in [6, 6.07) is 19.4. The van der Waals surface area contributed by atoms with Crippen LogP contribution in [0.3, 0.4) is 0 Å². The molecule has 0 spiro atoms. The number of piperazine rings is 1. The van der Waals surface area contributed by atoms with Crippen LogP contribution in [0.5, 0.6) is 5.75 Å². The highest BCUT2D eigenvalue weighted by molar-refractivity contribution is 5.66. The first-order valence-electron chi connectivity index (χ1n) is 10.3. The van der Waals surface area contributed by atoms with Crippen LogP contribution in [-0.4, -0.2) is 54.4 Å². The van der Waals surface area contributed by atoms with Crippen LogP contribution in [0.2, 0.25) is 0 Å². The molecule has 0 saturated carbocycles. The number of aromatic nitrogens is 1. The molecule has 2 heterocycles. The highest BCUT2D eigenvalue weighted by atomic mass is 16.6. The van der Waals surface area contributed by atoms with Gasteiger partial charge in [-0.3, -0.25) is 5.43 Å². The Hall–Kier alpha value is -3.36. The van der Waals surface area contributed by atoms with E-state index in [9.17, 15) is 4.79 Å². The third-order valence-corrected chi connectivity index (χ3v) is 5.06. The van der Waals surface area contributed by atoms with E-state index in [0.717, 1.165) is 43.1 Å². The maximum atomic E-state index is 12.0. The first-order chi connectivity index (χ1) is 15.2. The van der Waals surface area contributed by atoms with Gasteiger partial charge in [0.2, 0.25) is 0 Å². The highest BCUT2D eigenvalue weighted by Gasteiger charge is 2.17. The van der Waals surface area contributed by atoms with Crippen molar-refractivity contribution in [3.05, 3.63) is 72.0 Å². The largest absolute Gasteiger partial charge is 0.489 e. The van der Waals surface area contributed by atoms with E-state index in [1.807, 2.05) is 59.6 Å². The fraction of sp³-hybridized carbons (Fsp3) is 0.304. The summed E-state index contributed by atoms with van der Waals surface area (Å²) in [5.41, 5.74) is 5.43. The van der Waals surface area contributed by atoms with Crippen molar-refractivity contribution in [2.45, 2.75) is 13.2 Å². The Balaban J connectivity index is 1.25. The van der Waals surface area contributed by atoms with Crippen LogP contribution in [-0.2, 0) is 18.0 Å². The number of amides is 1. The van der Waals surface area contributed by atoms with Gasteiger partial charge in [-0.2, -0.15) is 0 Å². The van der Waals surface area contributed by atoms with E-state index in [1.54, 1.807) is 6.07 Å². The van der Waals surface area contributed by atoms with Gasteiger partial charge < -0.3 is 18.9 Å². The fourth-order valence-electron chi connectivity index (χ4n) is 3.20. The number of hydrogen-bond acceptors (Lipinski definition) is 7. The molecule has 1 aliphatic rings. The molecule has 31 heavy (non-hydrogen) atoms. The molecule has 162 valence electrons. The molecule has 3 aromatic rings. The first kappa shape index (κ1) is 20.9. The monoisotopic (exact) mass is 422 g/mol. The van der Waals surface area contributed by atoms with E-state index in [4.69, 9.17) is 14.0 Å². The van der Waals surface area contributed by atoms with Gasteiger partial charge in [0.05, 0.1) is 0 Å². The van der Waals surface area contributed by atoms with E-state index in [-0.39, 0.29) is 6.61 Å². The summed E-state index contributed by atoms with van der Waals surface area (Å²) >= 11 is 0. The van der Waals surface area contributed by atoms with Crippen LogP contribution in [0.4, 0.5) is 4.79 Å². The molecule has 0 aliphatic carbocycles. The minimum atomic E-state index is -0.498. The van der Waals surface area contributed by atoms with Gasteiger partial charge >= 0.3 is 6.09 Å². The summed E-state index contributed by atoms with van der Waals surface area (Å²) in [4.78, 5) is 14.2. The van der Waals surface area contributed by atoms with Gasteiger partial charge in [0.1, 0.15) is 18.1 Å². The summed E-state index contributed by atoms with van der Waals surface area (Å²) in [6.45, 7) is 3.88. The smallest absolute Gasteiger partial charge is 0.422 e. The number of likely N-dealkylation sites (N-methyl/N-ethyl adjacent to an activating group) is 1. The van der Waals surface area contributed by atoms with E-state index in [0.29, 0.717) is 18.1 Å². The number of rotatable bonds is 7. The molecule has 1 N–H and O–H groups in total. The highest BCUT2D eigenvalue weighted by Crippen LogP contribution is 2.23. The molecule has 1 aromatic heterocycles. The zero-order valence-corrected chi connectivity index (χ0v) is 17.5. The van der Waals surface area contributed by atoms with E-state index in [2.05, 4.69) is 22.5 Å². The zero-order chi connectivity index (χ0) is 21.5. The van der Waals surface area contributed by atoms with Crippen molar-refractivity contribution in [1.82, 2.24) is 20.5 Å². The Morgan fingerprint density at radius 1 is 1.03 bits per heavy atom. The zero-order valence-electron chi connectivity index (χ0n) is 17.5. The molecule has 1 fully saturated rings. The number of hydrazine groups is 1. The van der Waals surface area contributed by atoms with Crippen LogP contribution in [0.25, 0.3) is 11.3 Å². The van der Waals surface area contributed by atoms with Gasteiger partial charge in [-0.25, -0.2) is 9.80 Å². The standard InChI is InChI=1S/C23H26N4O4/c1-26-11-13-27(14-12-26)24-23(28)30-17-21-15-22(25-31-21)19-7-9-20(10-8-19)29-16-18-5-3-2-4-6-18/h2-10,15H,11-14,16-17H2,1H3,(H,24,28). The van der Waals surface area contributed by atoms with Crippen molar-refractivity contribution in [1.29, 1.82) is 0 Å². The molecule has 0 unspecified atom stereocenters. The quantitative estimate of drug-likeness (QED) is 0.626. The van der Waals surface area contributed by atoms with Crippen molar-refractivity contribution >= 4 is 6.09 Å². The molecule has 8 nitrogen and oxygen atoms in total. The van der Waals surface area contributed by atoms with Crippen LogP contribution in [0.1, 0.15) is 11.3 Å². The summed E-state index contributed by atoms with van der Waals surface area (Å²) in [5.74, 6) is 1.26. The third kappa shape index (κ3) is 6.07. The SMILES string of the molecule is CN1CCN(NC(=O)OCc2cc(-c3ccc(OCc4ccccc4)cc3)no2)CC1. The second kappa shape index (κ2) is 10.1. The summed E-state index contributed by atoms with van der Waals surface area (Å²) in [5, 5.41) is 5.92. The maximum absolute atomic E-state index is 12.0. The second-order valence-corrected chi connectivity index (χ2v) is 7.46. The van der Waals surface area contributed by atoms with Gasteiger partial charge in [0, 0.05) is 37.8 Å². The van der Waals surface area contributed by atoms with Crippen LogP contribution >= 0.6 is 0 Å². The lowest BCUT2D eigenvalue weighted by Crippen LogP contribution is -2.52. The predicted octanol–water partition coefficient (Wildman–Crippen LogP) is 3.31. The molecule has 4 rings (SSSR count). The topological polar surface area (TPSA) is 80.1 Å². The number of benzene rings is 2. The molecule has 1 amide bonds. The van der Waals surface area contributed by atoms with Gasteiger partial charge in [-0.15, -0.1) is 0 Å². The Kier molecular flexibility index (Phi) is 6.81.